The Morgan fingerprint density at radius 3 is 2.44 bits per heavy atom. The maximum atomic E-state index is 12.7. The minimum absolute atomic E-state index is 0.117. The topological polar surface area (TPSA) is 161 Å². The molecule has 0 saturated carbocycles. The Bertz CT molecular complexity index is 1420. The van der Waals surface area contributed by atoms with Crippen molar-refractivity contribution >= 4 is 46.8 Å². The number of rotatable bonds is 6. The van der Waals surface area contributed by atoms with E-state index in [4.69, 9.17) is 10.2 Å². The molecular formula is C26H24N4O6. The number of aromatic nitrogens is 1. The molecule has 1 aromatic heterocycles. The molecule has 0 aliphatic carbocycles. The fourth-order valence-corrected chi connectivity index (χ4v) is 4.03. The van der Waals surface area contributed by atoms with Gasteiger partial charge < -0.3 is 25.8 Å². The van der Waals surface area contributed by atoms with E-state index in [-0.39, 0.29) is 24.5 Å². The fourth-order valence-electron chi connectivity index (χ4n) is 4.03. The van der Waals surface area contributed by atoms with Gasteiger partial charge in [0.05, 0.1) is 24.3 Å². The lowest BCUT2D eigenvalue weighted by Crippen LogP contribution is -2.34. The summed E-state index contributed by atoms with van der Waals surface area (Å²) in [6.45, 7) is 3.44. The van der Waals surface area contributed by atoms with Crippen LogP contribution in [0.4, 0.5) is 16.2 Å². The van der Waals surface area contributed by atoms with Gasteiger partial charge in [-0.05, 0) is 60.9 Å². The van der Waals surface area contributed by atoms with E-state index in [1.165, 1.54) is 12.1 Å². The summed E-state index contributed by atoms with van der Waals surface area (Å²) in [5.74, 6) is -1.87. The quantitative estimate of drug-likeness (QED) is 0.292. The van der Waals surface area contributed by atoms with Crippen molar-refractivity contribution in [1.29, 1.82) is 0 Å². The molecule has 6 N–H and O–H groups in total. The van der Waals surface area contributed by atoms with Crippen molar-refractivity contribution < 1.29 is 29.4 Å². The first-order chi connectivity index (χ1) is 17.2. The largest absolute Gasteiger partial charge is 0.481 e. The number of carbonyl (C=O) groups excluding carboxylic acids is 3. The van der Waals surface area contributed by atoms with E-state index >= 15 is 0 Å². The number of carboxylic acids is 1. The smallest absolute Gasteiger partial charge is 0.326 e. The molecule has 36 heavy (non-hydrogen) atoms. The minimum atomic E-state index is -0.936. The number of aryl methyl sites for hydroxylation is 1. The lowest BCUT2D eigenvalue weighted by atomic mass is 10.0. The molecule has 0 bridgehead atoms. The summed E-state index contributed by atoms with van der Waals surface area (Å²) in [6.07, 6.45) is 1.56. The Morgan fingerprint density at radius 2 is 1.78 bits per heavy atom. The average molecular weight is 489 g/mol. The van der Waals surface area contributed by atoms with E-state index in [9.17, 15) is 19.2 Å². The highest BCUT2D eigenvalue weighted by atomic mass is 16.4. The number of aromatic amines is 1. The lowest BCUT2D eigenvalue weighted by Gasteiger charge is -2.08. The van der Waals surface area contributed by atoms with Crippen LogP contribution in [0.2, 0.25) is 0 Å². The van der Waals surface area contributed by atoms with E-state index in [2.05, 4.69) is 20.9 Å². The maximum Gasteiger partial charge on any atom is 0.326 e. The number of benzene rings is 2. The van der Waals surface area contributed by atoms with Crippen LogP contribution in [0.5, 0.6) is 0 Å². The molecule has 3 aromatic rings. The van der Waals surface area contributed by atoms with Gasteiger partial charge in [0.1, 0.15) is 0 Å². The van der Waals surface area contributed by atoms with Gasteiger partial charge in [-0.2, -0.15) is 0 Å². The second kappa shape index (κ2) is 9.88. The highest BCUT2D eigenvalue weighted by Gasteiger charge is 2.26. The van der Waals surface area contributed by atoms with E-state index in [1.807, 2.05) is 0 Å². The van der Waals surface area contributed by atoms with Crippen molar-refractivity contribution in [3.8, 4) is 0 Å². The van der Waals surface area contributed by atoms with Crippen LogP contribution in [-0.4, -0.2) is 39.0 Å². The van der Waals surface area contributed by atoms with Crippen molar-refractivity contribution in [3.05, 3.63) is 81.7 Å². The number of imide groups is 1. The number of carbonyl (C=O) groups is 4. The molecule has 0 spiro atoms. The van der Waals surface area contributed by atoms with Crippen molar-refractivity contribution in [2.45, 2.75) is 26.9 Å². The normalized spacial score (nSPS) is 13.3. The third kappa shape index (κ3) is 5.03. The molecule has 4 amide bonds. The first-order valence-corrected chi connectivity index (χ1v) is 11.1. The first-order valence-electron chi connectivity index (χ1n) is 11.1. The van der Waals surface area contributed by atoms with E-state index in [1.54, 1.807) is 50.3 Å². The van der Waals surface area contributed by atoms with Gasteiger partial charge in [-0.3, -0.25) is 19.7 Å². The van der Waals surface area contributed by atoms with Crippen LogP contribution in [-0.2, 0) is 22.6 Å². The number of anilines is 2. The molecule has 10 heteroatoms. The lowest BCUT2D eigenvalue weighted by molar-refractivity contribution is -0.136. The molecule has 0 fully saturated rings. The first kappa shape index (κ1) is 24.4. The molecule has 0 atom stereocenters. The summed E-state index contributed by atoms with van der Waals surface area (Å²) in [6, 6.07) is 10.3. The fraction of sp³-hybridized carbons (Fsp3) is 0.154. The number of aliphatic hydroxyl groups is 1. The number of amides is 4. The molecular weight excluding hydrogens is 464 g/mol. The maximum absolute atomic E-state index is 12.7. The third-order valence-corrected chi connectivity index (χ3v) is 5.93. The average Bonchev–Trinajstić information content (AvgIpc) is 3.28. The van der Waals surface area contributed by atoms with Gasteiger partial charge in [-0.25, -0.2) is 4.79 Å². The van der Waals surface area contributed by atoms with Gasteiger partial charge in [0.2, 0.25) is 0 Å². The number of hydrogen-bond donors (Lipinski definition) is 6. The monoisotopic (exact) mass is 488 g/mol. The van der Waals surface area contributed by atoms with Crippen LogP contribution in [0.1, 0.15) is 44.0 Å². The van der Waals surface area contributed by atoms with Crippen molar-refractivity contribution in [2.24, 2.45) is 0 Å². The highest BCUT2D eigenvalue weighted by molar-refractivity contribution is 6.35. The molecule has 1 aliphatic rings. The minimum Gasteiger partial charge on any atom is -0.481 e. The number of carboxylic acid groups (broad SMARTS) is 1. The van der Waals surface area contributed by atoms with Gasteiger partial charge in [0.25, 0.3) is 11.8 Å². The van der Waals surface area contributed by atoms with E-state index in [0.717, 1.165) is 11.3 Å². The summed E-state index contributed by atoms with van der Waals surface area (Å²) in [7, 11) is 0. The summed E-state index contributed by atoms with van der Waals surface area (Å²) in [5, 5.41) is 25.8. The Kier molecular flexibility index (Phi) is 6.71. The Labute approximate surface area is 206 Å². The molecule has 1 aliphatic heterocycles. The van der Waals surface area contributed by atoms with Crippen LogP contribution in [0.3, 0.4) is 0 Å². The highest BCUT2D eigenvalue weighted by Crippen LogP contribution is 2.35. The number of nitrogens with one attached hydrogen (secondary N) is 4. The second-order valence-electron chi connectivity index (χ2n) is 8.37. The molecule has 2 heterocycles. The second-order valence-corrected chi connectivity index (χ2v) is 8.37. The number of aliphatic carboxylic acids is 1. The van der Waals surface area contributed by atoms with Crippen LogP contribution in [0.15, 0.2) is 42.5 Å². The number of H-pyrrole nitrogens is 1. The molecule has 0 radical (unpaired) electrons. The zero-order valence-corrected chi connectivity index (χ0v) is 19.6. The number of urea groups is 1. The van der Waals surface area contributed by atoms with Gasteiger partial charge >= 0.3 is 12.0 Å². The van der Waals surface area contributed by atoms with Crippen molar-refractivity contribution in [1.82, 2.24) is 10.3 Å². The van der Waals surface area contributed by atoms with Gasteiger partial charge in [-0.1, -0.05) is 18.2 Å². The standard InChI is InChI=1S/C26H24N4O6/c1-13-19(11-23(32)33)14(2)27-21(13)10-20-18-8-7-17(9-22(18)29-25(20)35)28-26(36)30-24(34)16-5-3-15(12-31)4-6-16/h3-10,27,31H,11-12H2,1-2H3,(H,29,35)(H,32,33)(H2,28,30,34,36)/b20-10-. The van der Waals surface area contributed by atoms with Gasteiger partial charge in [0.15, 0.2) is 0 Å². The number of hydrogen-bond acceptors (Lipinski definition) is 5. The summed E-state index contributed by atoms with van der Waals surface area (Å²) >= 11 is 0. The third-order valence-electron chi connectivity index (χ3n) is 5.93. The number of fused-ring (bicyclic) bond motifs is 1. The predicted octanol–water partition coefficient (Wildman–Crippen LogP) is 3.21. The van der Waals surface area contributed by atoms with Crippen LogP contribution >= 0.6 is 0 Å². The molecule has 10 nitrogen and oxygen atoms in total. The van der Waals surface area contributed by atoms with Crippen LogP contribution < -0.4 is 16.0 Å². The summed E-state index contributed by atoms with van der Waals surface area (Å²) < 4.78 is 0. The van der Waals surface area contributed by atoms with E-state index in [0.29, 0.717) is 39.3 Å². The van der Waals surface area contributed by atoms with Crippen molar-refractivity contribution in [2.75, 3.05) is 10.6 Å². The van der Waals surface area contributed by atoms with Gasteiger partial charge in [-0.15, -0.1) is 0 Å². The van der Waals surface area contributed by atoms with E-state index < -0.39 is 17.9 Å². The molecule has 0 unspecified atom stereocenters. The summed E-state index contributed by atoms with van der Waals surface area (Å²) in [4.78, 5) is 51.5. The Balaban J connectivity index is 1.49. The summed E-state index contributed by atoms with van der Waals surface area (Å²) in [5.41, 5.74) is 5.59. The Hall–Kier alpha value is -4.70. The SMILES string of the molecule is Cc1[nH]c(/C=C2\C(=O)Nc3cc(NC(=O)NC(=O)c4ccc(CO)cc4)ccc32)c(C)c1CC(=O)O. The molecule has 184 valence electrons. The molecule has 2 aromatic carbocycles. The Morgan fingerprint density at radius 1 is 1.06 bits per heavy atom. The molecule has 0 saturated heterocycles. The molecule has 4 rings (SSSR count). The zero-order chi connectivity index (χ0) is 26.0. The zero-order valence-electron chi connectivity index (χ0n) is 19.6. The van der Waals surface area contributed by atoms with Crippen LogP contribution in [0, 0.1) is 13.8 Å². The van der Waals surface area contributed by atoms with Gasteiger partial charge in [0, 0.05) is 28.2 Å². The predicted molar refractivity (Wildman–Crippen MR) is 133 cm³/mol. The number of aliphatic hydroxyl groups excluding tert-OH is 1. The van der Waals surface area contributed by atoms with Crippen LogP contribution in [0.25, 0.3) is 11.6 Å². The van der Waals surface area contributed by atoms with Crippen molar-refractivity contribution in [3.63, 3.8) is 0 Å².